The Morgan fingerprint density at radius 1 is 1.20 bits per heavy atom. The van der Waals surface area contributed by atoms with Crippen molar-refractivity contribution in [1.29, 1.82) is 0 Å². The molecule has 25 heavy (non-hydrogen) atoms. The summed E-state index contributed by atoms with van der Waals surface area (Å²) >= 11 is 0. The van der Waals surface area contributed by atoms with Gasteiger partial charge in [0.2, 0.25) is 0 Å². The Labute approximate surface area is 146 Å². The number of nitrogens with zero attached hydrogens (tertiary/aromatic N) is 1. The number of nitrogens with one attached hydrogen (secondary N) is 1. The highest BCUT2D eigenvalue weighted by Crippen LogP contribution is 2.22. The van der Waals surface area contributed by atoms with E-state index in [2.05, 4.69) is 10.3 Å². The Morgan fingerprint density at radius 3 is 2.52 bits per heavy atom. The minimum atomic E-state index is -0.896. The number of carbonyl (C=O) groups excluding carboxylic acids is 1. The Hall–Kier alpha value is -2.89. The molecule has 0 fully saturated rings. The van der Waals surface area contributed by atoms with Crippen LogP contribution < -0.4 is 10.1 Å². The summed E-state index contributed by atoms with van der Waals surface area (Å²) in [7, 11) is 1.60. The summed E-state index contributed by atoms with van der Waals surface area (Å²) in [5.41, 5.74) is 2.12. The van der Waals surface area contributed by atoms with Crippen molar-refractivity contribution in [3.63, 3.8) is 0 Å². The molecule has 0 saturated carbocycles. The summed E-state index contributed by atoms with van der Waals surface area (Å²) in [5, 5.41) is 11.8. The fourth-order valence-corrected chi connectivity index (χ4v) is 2.48. The second kappa shape index (κ2) is 8.82. The predicted octanol–water partition coefficient (Wildman–Crippen LogP) is 2.99. The van der Waals surface area contributed by atoms with Crippen LogP contribution in [0.5, 0.6) is 5.75 Å². The van der Waals surface area contributed by atoms with E-state index in [1.54, 1.807) is 19.4 Å². The normalized spacial score (nSPS) is 11.6. The van der Waals surface area contributed by atoms with Crippen LogP contribution in [0.1, 0.15) is 30.1 Å². The zero-order chi connectivity index (χ0) is 18.2. The van der Waals surface area contributed by atoms with Gasteiger partial charge in [0.05, 0.1) is 18.6 Å². The third kappa shape index (κ3) is 5.04. The maximum absolute atomic E-state index is 12.3. The van der Waals surface area contributed by atoms with Crippen LogP contribution in [-0.4, -0.2) is 35.6 Å². The maximum Gasteiger partial charge on any atom is 0.308 e. The van der Waals surface area contributed by atoms with Gasteiger partial charge in [0.15, 0.2) is 0 Å². The fourth-order valence-electron chi connectivity index (χ4n) is 2.48. The summed E-state index contributed by atoms with van der Waals surface area (Å²) in [4.78, 5) is 27.6. The molecule has 2 aromatic rings. The molecule has 0 spiro atoms. The van der Waals surface area contributed by atoms with Gasteiger partial charge in [-0.1, -0.05) is 25.5 Å². The van der Waals surface area contributed by atoms with Gasteiger partial charge in [0, 0.05) is 24.5 Å². The van der Waals surface area contributed by atoms with Crippen molar-refractivity contribution in [2.45, 2.75) is 19.8 Å². The van der Waals surface area contributed by atoms with E-state index < -0.39 is 11.9 Å². The number of benzene rings is 1. The van der Waals surface area contributed by atoms with Gasteiger partial charge in [-0.15, -0.1) is 0 Å². The Bertz CT molecular complexity index is 728. The van der Waals surface area contributed by atoms with Crippen LogP contribution >= 0.6 is 0 Å². The highest BCUT2D eigenvalue weighted by molar-refractivity contribution is 5.95. The van der Waals surface area contributed by atoms with Gasteiger partial charge < -0.3 is 15.2 Å². The number of hydrogen-bond acceptors (Lipinski definition) is 4. The maximum atomic E-state index is 12.3. The zero-order valence-corrected chi connectivity index (χ0v) is 14.4. The van der Waals surface area contributed by atoms with E-state index in [1.807, 2.05) is 31.2 Å². The molecule has 1 amide bonds. The lowest BCUT2D eigenvalue weighted by Crippen LogP contribution is -2.33. The highest BCUT2D eigenvalue weighted by Gasteiger charge is 2.18. The van der Waals surface area contributed by atoms with Crippen molar-refractivity contribution in [2.24, 2.45) is 5.92 Å². The number of rotatable bonds is 8. The third-order valence-corrected chi connectivity index (χ3v) is 3.92. The number of aromatic nitrogens is 1. The van der Waals surface area contributed by atoms with Crippen LogP contribution in [0.3, 0.4) is 0 Å². The number of methoxy groups -OCH3 is 1. The van der Waals surface area contributed by atoms with Crippen LogP contribution in [-0.2, 0) is 4.79 Å². The van der Waals surface area contributed by atoms with Crippen molar-refractivity contribution in [2.75, 3.05) is 13.7 Å². The van der Waals surface area contributed by atoms with Gasteiger partial charge in [-0.3, -0.25) is 14.6 Å². The lowest BCUT2D eigenvalue weighted by molar-refractivity contribution is -0.141. The van der Waals surface area contributed by atoms with E-state index in [0.29, 0.717) is 12.0 Å². The molecule has 0 aliphatic rings. The average Bonchev–Trinajstić information content (AvgIpc) is 2.64. The summed E-state index contributed by atoms with van der Waals surface area (Å²) < 4.78 is 5.13. The van der Waals surface area contributed by atoms with E-state index in [0.717, 1.165) is 23.3 Å². The van der Waals surface area contributed by atoms with Crippen molar-refractivity contribution < 1.29 is 19.4 Å². The number of aliphatic carboxylic acids is 1. The first-order valence-electron chi connectivity index (χ1n) is 8.15. The van der Waals surface area contributed by atoms with Crippen LogP contribution in [0.15, 0.2) is 42.7 Å². The minimum absolute atomic E-state index is 0.106. The van der Waals surface area contributed by atoms with Gasteiger partial charge in [0.25, 0.3) is 5.91 Å². The van der Waals surface area contributed by atoms with Crippen LogP contribution in [0.4, 0.5) is 0 Å². The molecular weight excluding hydrogens is 320 g/mol. The largest absolute Gasteiger partial charge is 0.497 e. The second-order valence-electron chi connectivity index (χ2n) is 5.72. The topological polar surface area (TPSA) is 88.5 Å². The summed E-state index contributed by atoms with van der Waals surface area (Å²) in [5.74, 6) is -1.05. The molecule has 132 valence electrons. The Kier molecular flexibility index (Phi) is 6.51. The molecule has 2 rings (SSSR count). The summed E-state index contributed by atoms with van der Waals surface area (Å²) in [6.07, 6.45) is 4.43. The van der Waals surface area contributed by atoms with Crippen molar-refractivity contribution >= 4 is 11.9 Å². The van der Waals surface area contributed by atoms with E-state index in [4.69, 9.17) is 9.84 Å². The number of carboxylic acid groups (broad SMARTS) is 1. The van der Waals surface area contributed by atoms with Crippen LogP contribution in [0.25, 0.3) is 11.1 Å². The molecular formula is C19H22N2O4. The third-order valence-electron chi connectivity index (χ3n) is 3.92. The van der Waals surface area contributed by atoms with E-state index in [1.165, 1.54) is 6.20 Å². The molecule has 1 unspecified atom stereocenters. The standard InChI is InChI=1S/C19H22N2O4/c1-3-4-14(19(23)24)12-21-18(22)16-9-15(10-20-11-16)13-5-7-17(25-2)8-6-13/h5-11,14H,3-4,12H2,1-2H3,(H,21,22)(H,23,24). The first-order valence-corrected chi connectivity index (χ1v) is 8.15. The van der Waals surface area contributed by atoms with Gasteiger partial charge in [-0.05, 0) is 30.2 Å². The van der Waals surface area contributed by atoms with Crippen molar-refractivity contribution in [3.05, 3.63) is 48.3 Å². The van der Waals surface area contributed by atoms with Gasteiger partial charge in [-0.2, -0.15) is 0 Å². The molecule has 1 heterocycles. The average molecular weight is 342 g/mol. The minimum Gasteiger partial charge on any atom is -0.497 e. The van der Waals surface area contributed by atoms with E-state index >= 15 is 0 Å². The monoisotopic (exact) mass is 342 g/mol. The van der Waals surface area contributed by atoms with Crippen molar-refractivity contribution in [1.82, 2.24) is 10.3 Å². The molecule has 2 N–H and O–H groups in total. The van der Waals surface area contributed by atoms with Gasteiger partial charge >= 0.3 is 5.97 Å². The van der Waals surface area contributed by atoms with Crippen molar-refractivity contribution in [3.8, 4) is 16.9 Å². The molecule has 0 saturated heterocycles. The lowest BCUT2D eigenvalue weighted by Gasteiger charge is -2.12. The first-order chi connectivity index (χ1) is 12.0. The van der Waals surface area contributed by atoms with Crippen LogP contribution in [0, 0.1) is 5.92 Å². The number of amides is 1. The van der Waals surface area contributed by atoms with E-state index in [-0.39, 0.29) is 12.5 Å². The highest BCUT2D eigenvalue weighted by atomic mass is 16.5. The van der Waals surface area contributed by atoms with Gasteiger partial charge in [0.1, 0.15) is 5.75 Å². The predicted molar refractivity (Wildman–Crippen MR) is 94.6 cm³/mol. The van der Waals surface area contributed by atoms with Gasteiger partial charge in [-0.25, -0.2) is 0 Å². The van der Waals surface area contributed by atoms with E-state index in [9.17, 15) is 9.59 Å². The quantitative estimate of drug-likeness (QED) is 0.770. The lowest BCUT2D eigenvalue weighted by atomic mass is 10.0. The second-order valence-corrected chi connectivity index (χ2v) is 5.72. The zero-order valence-electron chi connectivity index (χ0n) is 14.4. The summed E-state index contributed by atoms with van der Waals surface area (Å²) in [6, 6.07) is 9.19. The number of hydrogen-bond donors (Lipinski definition) is 2. The number of pyridine rings is 1. The Morgan fingerprint density at radius 2 is 1.92 bits per heavy atom. The molecule has 1 aromatic heterocycles. The number of ether oxygens (including phenoxy) is 1. The molecule has 0 radical (unpaired) electrons. The molecule has 6 nitrogen and oxygen atoms in total. The van der Waals surface area contributed by atoms with Crippen LogP contribution in [0.2, 0.25) is 0 Å². The first kappa shape index (κ1) is 18.4. The molecule has 0 aliphatic carbocycles. The Balaban J connectivity index is 2.09. The molecule has 0 bridgehead atoms. The molecule has 1 atom stereocenters. The number of carboxylic acids is 1. The number of carbonyl (C=O) groups is 2. The smallest absolute Gasteiger partial charge is 0.308 e. The molecule has 0 aliphatic heterocycles. The molecule has 6 heteroatoms. The SMILES string of the molecule is CCCC(CNC(=O)c1cncc(-c2ccc(OC)cc2)c1)C(=O)O. The summed E-state index contributed by atoms with van der Waals surface area (Å²) in [6.45, 7) is 2.02. The molecule has 1 aromatic carbocycles. The fraction of sp³-hybridized carbons (Fsp3) is 0.316.